The van der Waals surface area contributed by atoms with Gasteiger partial charge in [0.25, 0.3) is 0 Å². The third-order valence-electron chi connectivity index (χ3n) is 3.50. The van der Waals surface area contributed by atoms with E-state index in [1.54, 1.807) is 12.4 Å². The Hall–Kier alpha value is -2.16. The second kappa shape index (κ2) is 6.33. The molecule has 20 heavy (non-hydrogen) atoms. The van der Waals surface area contributed by atoms with Gasteiger partial charge >= 0.3 is 0 Å². The Labute approximate surface area is 120 Å². The van der Waals surface area contributed by atoms with E-state index in [4.69, 9.17) is 0 Å². The maximum absolute atomic E-state index is 12.1. The van der Waals surface area contributed by atoms with Gasteiger partial charge in [-0.15, -0.1) is 0 Å². The molecule has 0 radical (unpaired) electrons. The van der Waals surface area contributed by atoms with Crippen LogP contribution in [0.2, 0.25) is 0 Å². The number of benzene rings is 1. The summed E-state index contributed by atoms with van der Waals surface area (Å²) in [5, 5.41) is 3.00. The van der Waals surface area contributed by atoms with Crippen LogP contribution in [0.15, 0.2) is 42.7 Å². The molecule has 0 saturated carbocycles. The number of hydrogen-bond acceptors (Lipinski definition) is 2. The maximum atomic E-state index is 12.1. The molecule has 0 aliphatic carbocycles. The molecule has 1 N–H and O–H groups in total. The van der Waals surface area contributed by atoms with Gasteiger partial charge in [-0.1, -0.05) is 24.3 Å². The van der Waals surface area contributed by atoms with Crippen LogP contribution in [0, 0.1) is 13.8 Å². The van der Waals surface area contributed by atoms with Crippen LogP contribution in [0.4, 0.5) is 0 Å². The summed E-state index contributed by atoms with van der Waals surface area (Å²) >= 11 is 0. The van der Waals surface area contributed by atoms with E-state index in [1.807, 2.05) is 25.1 Å². The van der Waals surface area contributed by atoms with Gasteiger partial charge in [0, 0.05) is 12.4 Å². The molecule has 1 heterocycles. The first-order chi connectivity index (χ1) is 9.56. The predicted octanol–water partition coefficient (Wildman–Crippen LogP) is 3.12. The summed E-state index contributed by atoms with van der Waals surface area (Å²) in [6.07, 6.45) is 3.92. The van der Waals surface area contributed by atoms with Crippen molar-refractivity contribution in [1.29, 1.82) is 0 Å². The Morgan fingerprint density at radius 2 is 2.05 bits per heavy atom. The Morgan fingerprint density at radius 3 is 2.70 bits per heavy atom. The predicted molar refractivity (Wildman–Crippen MR) is 80.4 cm³/mol. The van der Waals surface area contributed by atoms with Crippen molar-refractivity contribution in [2.75, 3.05) is 0 Å². The number of pyridine rings is 1. The minimum absolute atomic E-state index is 0.0252. The Bertz CT molecular complexity index is 593. The van der Waals surface area contributed by atoms with Crippen molar-refractivity contribution in [3.63, 3.8) is 0 Å². The fraction of sp³-hybridized carbons (Fsp3) is 0.294. The molecule has 0 fully saturated rings. The number of amides is 1. The Kier molecular flexibility index (Phi) is 4.51. The molecule has 1 aromatic carbocycles. The number of carbonyl (C=O) groups is 1. The second-order valence-corrected chi connectivity index (χ2v) is 5.17. The van der Waals surface area contributed by atoms with E-state index < -0.39 is 0 Å². The summed E-state index contributed by atoms with van der Waals surface area (Å²) in [5.41, 5.74) is 4.53. The van der Waals surface area contributed by atoms with Crippen molar-refractivity contribution in [2.24, 2.45) is 0 Å². The molecule has 1 atom stereocenters. The van der Waals surface area contributed by atoms with Gasteiger partial charge in [-0.25, -0.2) is 0 Å². The summed E-state index contributed by atoms with van der Waals surface area (Å²) < 4.78 is 0. The van der Waals surface area contributed by atoms with Crippen molar-refractivity contribution in [1.82, 2.24) is 10.3 Å². The lowest BCUT2D eigenvalue weighted by molar-refractivity contribution is -0.121. The number of hydrogen-bond donors (Lipinski definition) is 1. The number of carbonyl (C=O) groups excluding carboxylic acids is 1. The number of nitrogens with one attached hydrogen (secondary N) is 1. The number of aromatic nitrogens is 1. The summed E-state index contributed by atoms with van der Waals surface area (Å²) in [6, 6.07) is 9.96. The lowest BCUT2D eigenvalue weighted by Gasteiger charge is -2.14. The highest BCUT2D eigenvalue weighted by molar-refractivity contribution is 5.79. The van der Waals surface area contributed by atoms with Crippen LogP contribution in [-0.4, -0.2) is 10.9 Å². The number of rotatable bonds is 4. The first-order valence-corrected chi connectivity index (χ1v) is 6.81. The topological polar surface area (TPSA) is 42.0 Å². The normalized spacial score (nSPS) is 11.9. The van der Waals surface area contributed by atoms with Crippen molar-refractivity contribution in [2.45, 2.75) is 33.2 Å². The summed E-state index contributed by atoms with van der Waals surface area (Å²) in [6.45, 7) is 6.11. The highest BCUT2D eigenvalue weighted by atomic mass is 16.1. The van der Waals surface area contributed by atoms with Crippen molar-refractivity contribution >= 4 is 5.91 Å². The molecule has 0 spiro atoms. The van der Waals surface area contributed by atoms with Gasteiger partial charge in [0.1, 0.15) is 0 Å². The molecular formula is C17H20N2O. The largest absolute Gasteiger partial charge is 0.349 e. The smallest absolute Gasteiger partial charge is 0.224 e. The molecule has 3 heteroatoms. The SMILES string of the molecule is Cc1ccc(CC(=O)NC(C)c2cccnc2)cc1C. The van der Waals surface area contributed by atoms with Crippen LogP contribution >= 0.6 is 0 Å². The molecule has 104 valence electrons. The van der Waals surface area contributed by atoms with E-state index in [1.165, 1.54) is 11.1 Å². The van der Waals surface area contributed by atoms with Crippen LogP contribution in [0.25, 0.3) is 0 Å². The van der Waals surface area contributed by atoms with Crippen LogP contribution in [0.1, 0.15) is 35.2 Å². The first kappa shape index (κ1) is 14.3. The standard InChI is InChI=1S/C17H20N2O/c1-12-6-7-15(9-13(12)2)10-17(20)19-14(3)16-5-4-8-18-11-16/h4-9,11,14H,10H2,1-3H3,(H,19,20). The molecule has 1 unspecified atom stereocenters. The van der Waals surface area contributed by atoms with E-state index in [9.17, 15) is 4.79 Å². The van der Waals surface area contributed by atoms with Gasteiger partial charge in [-0.05, 0) is 49.1 Å². The Balaban J connectivity index is 1.97. The molecule has 0 aliphatic heterocycles. The van der Waals surface area contributed by atoms with Crippen LogP contribution in [0.3, 0.4) is 0 Å². The zero-order valence-electron chi connectivity index (χ0n) is 12.2. The van der Waals surface area contributed by atoms with E-state index in [-0.39, 0.29) is 11.9 Å². The minimum atomic E-state index is -0.0252. The van der Waals surface area contributed by atoms with E-state index in [2.05, 4.69) is 36.3 Å². The summed E-state index contributed by atoms with van der Waals surface area (Å²) in [7, 11) is 0. The molecule has 0 aliphatic rings. The van der Waals surface area contributed by atoms with Crippen molar-refractivity contribution < 1.29 is 4.79 Å². The Morgan fingerprint density at radius 1 is 1.25 bits per heavy atom. The fourth-order valence-corrected chi connectivity index (χ4v) is 2.11. The second-order valence-electron chi connectivity index (χ2n) is 5.17. The summed E-state index contributed by atoms with van der Waals surface area (Å²) in [5.74, 6) is 0.0320. The fourth-order valence-electron chi connectivity index (χ4n) is 2.11. The molecule has 1 amide bonds. The quantitative estimate of drug-likeness (QED) is 0.925. The van der Waals surface area contributed by atoms with Gasteiger partial charge in [0.2, 0.25) is 5.91 Å². The lowest BCUT2D eigenvalue weighted by atomic mass is 10.0. The van der Waals surface area contributed by atoms with Gasteiger partial charge in [-0.3, -0.25) is 9.78 Å². The average Bonchev–Trinajstić information content (AvgIpc) is 2.44. The molecule has 0 bridgehead atoms. The van der Waals surface area contributed by atoms with E-state index in [0.29, 0.717) is 6.42 Å². The monoisotopic (exact) mass is 268 g/mol. The van der Waals surface area contributed by atoms with Crippen LogP contribution in [0.5, 0.6) is 0 Å². The average molecular weight is 268 g/mol. The molecule has 3 nitrogen and oxygen atoms in total. The molecular weight excluding hydrogens is 248 g/mol. The lowest BCUT2D eigenvalue weighted by Crippen LogP contribution is -2.28. The molecule has 1 aromatic heterocycles. The van der Waals surface area contributed by atoms with Gasteiger partial charge in [-0.2, -0.15) is 0 Å². The zero-order valence-corrected chi connectivity index (χ0v) is 12.2. The van der Waals surface area contributed by atoms with Crippen molar-refractivity contribution in [3.05, 3.63) is 65.0 Å². The van der Waals surface area contributed by atoms with Crippen molar-refractivity contribution in [3.8, 4) is 0 Å². The highest BCUT2D eigenvalue weighted by Crippen LogP contribution is 2.12. The minimum Gasteiger partial charge on any atom is -0.349 e. The van der Waals surface area contributed by atoms with E-state index in [0.717, 1.165) is 11.1 Å². The van der Waals surface area contributed by atoms with E-state index >= 15 is 0 Å². The maximum Gasteiger partial charge on any atom is 0.224 e. The summed E-state index contributed by atoms with van der Waals surface area (Å²) in [4.78, 5) is 16.1. The molecule has 2 aromatic rings. The number of aryl methyl sites for hydroxylation is 2. The van der Waals surface area contributed by atoms with Crippen LogP contribution < -0.4 is 5.32 Å². The zero-order chi connectivity index (χ0) is 14.5. The van der Waals surface area contributed by atoms with Gasteiger partial charge in [0.15, 0.2) is 0 Å². The third-order valence-corrected chi connectivity index (χ3v) is 3.50. The van der Waals surface area contributed by atoms with Gasteiger partial charge < -0.3 is 5.32 Å². The molecule has 2 rings (SSSR count). The van der Waals surface area contributed by atoms with Crippen LogP contribution in [-0.2, 0) is 11.2 Å². The van der Waals surface area contributed by atoms with Gasteiger partial charge in [0.05, 0.1) is 12.5 Å². The first-order valence-electron chi connectivity index (χ1n) is 6.81. The highest BCUT2D eigenvalue weighted by Gasteiger charge is 2.10. The third kappa shape index (κ3) is 3.67. The molecule has 0 saturated heterocycles. The number of nitrogens with zero attached hydrogens (tertiary/aromatic N) is 1.